The predicted octanol–water partition coefficient (Wildman–Crippen LogP) is 3.56. The number of cyclic esters (lactones) is 1. The number of rotatable bonds is 4. The number of carbonyl (C=O) groups is 2. The molecule has 148 valence electrons. The van der Waals surface area contributed by atoms with Crippen molar-refractivity contribution in [3.8, 4) is 0 Å². The topological polar surface area (TPSA) is 63.0 Å². The summed E-state index contributed by atoms with van der Waals surface area (Å²) in [6.45, 7) is 5.37. The lowest BCUT2D eigenvalue weighted by Crippen LogP contribution is -2.50. The molecule has 28 heavy (non-hydrogen) atoms. The Balaban J connectivity index is 1.40. The fourth-order valence-electron chi connectivity index (χ4n) is 4.32. The van der Waals surface area contributed by atoms with E-state index in [1.807, 2.05) is 41.8 Å². The monoisotopic (exact) mass is 382 g/mol. The average Bonchev–Trinajstić information content (AvgIpc) is 3.23. The van der Waals surface area contributed by atoms with Crippen LogP contribution in [-0.4, -0.2) is 53.6 Å². The standard InChI is InChI=1S/C22H26N2O4/c1-15-12-20(16(2)28-15)21(25)23-10-8-18(9-11-23)24-19(14-27-22(24)26)13-17-6-4-3-5-7-17/h3-7,12,18-19H,8-11,13-14H2,1-2H3/t19-/m1/s1. The number of ether oxygens (including phenoxy) is 1. The third kappa shape index (κ3) is 3.63. The fourth-order valence-corrected chi connectivity index (χ4v) is 4.32. The summed E-state index contributed by atoms with van der Waals surface area (Å²) >= 11 is 0. The summed E-state index contributed by atoms with van der Waals surface area (Å²) in [5.41, 5.74) is 1.84. The maximum atomic E-state index is 12.8. The van der Waals surface area contributed by atoms with Crippen molar-refractivity contribution >= 4 is 12.0 Å². The van der Waals surface area contributed by atoms with Crippen LogP contribution in [0.2, 0.25) is 0 Å². The van der Waals surface area contributed by atoms with Crippen molar-refractivity contribution in [3.05, 3.63) is 59.0 Å². The number of benzene rings is 1. The number of aryl methyl sites for hydroxylation is 2. The van der Waals surface area contributed by atoms with Crippen LogP contribution in [-0.2, 0) is 11.2 Å². The first-order valence-electron chi connectivity index (χ1n) is 9.88. The number of carbonyl (C=O) groups excluding carboxylic acids is 2. The van der Waals surface area contributed by atoms with Gasteiger partial charge < -0.3 is 14.1 Å². The van der Waals surface area contributed by atoms with Crippen LogP contribution in [0.3, 0.4) is 0 Å². The van der Waals surface area contributed by atoms with Crippen molar-refractivity contribution in [1.82, 2.24) is 9.80 Å². The molecule has 4 rings (SSSR count). The third-order valence-corrected chi connectivity index (χ3v) is 5.73. The molecule has 0 saturated carbocycles. The Morgan fingerprint density at radius 3 is 2.50 bits per heavy atom. The molecule has 1 aromatic heterocycles. The minimum absolute atomic E-state index is 0.0117. The minimum Gasteiger partial charge on any atom is -0.466 e. The van der Waals surface area contributed by atoms with Gasteiger partial charge in [0, 0.05) is 19.1 Å². The fraction of sp³-hybridized carbons (Fsp3) is 0.455. The highest BCUT2D eigenvalue weighted by atomic mass is 16.6. The number of hydrogen-bond acceptors (Lipinski definition) is 4. The van der Waals surface area contributed by atoms with Crippen molar-refractivity contribution in [2.24, 2.45) is 0 Å². The van der Waals surface area contributed by atoms with E-state index in [-0.39, 0.29) is 24.1 Å². The number of amides is 2. The molecule has 2 amide bonds. The van der Waals surface area contributed by atoms with Gasteiger partial charge in [0.25, 0.3) is 5.91 Å². The zero-order valence-electron chi connectivity index (χ0n) is 16.4. The maximum absolute atomic E-state index is 12.8. The minimum atomic E-state index is -0.230. The summed E-state index contributed by atoms with van der Waals surface area (Å²) in [7, 11) is 0. The summed E-state index contributed by atoms with van der Waals surface area (Å²) in [6.07, 6.45) is 2.09. The van der Waals surface area contributed by atoms with Crippen molar-refractivity contribution in [2.45, 2.75) is 45.2 Å². The summed E-state index contributed by atoms with van der Waals surface area (Å²) in [4.78, 5) is 28.9. The maximum Gasteiger partial charge on any atom is 0.410 e. The lowest BCUT2D eigenvalue weighted by Gasteiger charge is -2.37. The molecule has 2 aliphatic heterocycles. The SMILES string of the molecule is Cc1cc(C(=O)N2CCC(N3C(=O)OC[C@H]3Cc3ccccc3)CC2)c(C)o1. The number of piperidine rings is 1. The van der Waals surface area contributed by atoms with Crippen LogP contribution in [0.4, 0.5) is 4.79 Å². The Morgan fingerprint density at radius 2 is 1.86 bits per heavy atom. The highest BCUT2D eigenvalue weighted by molar-refractivity contribution is 5.95. The van der Waals surface area contributed by atoms with Crippen LogP contribution < -0.4 is 0 Å². The molecule has 2 aliphatic rings. The van der Waals surface area contributed by atoms with Crippen molar-refractivity contribution < 1.29 is 18.7 Å². The molecular weight excluding hydrogens is 356 g/mol. The Morgan fingerprint density at radius 1 is 1.14 bits per heavy atom. The van der Waals surface area contributed by atoms with E-state index < -0.39 is 0 Å². The molecule has 0 N–H and O–H groups in total. The first kappa shape index (κ1) is 18.6. The molecule has 6 heteroatoms. The van der Waals surface area contributed by atoms with Gasteiger partial charge in [-0.25, -0.2) is 4.79 Å². The van der Waals surface area contributed by atoms with E-state index in [9.17, 15) is 9.59 Å². The van der Waals surface area contributed by atoms with Gasteiger partial charge in [-0.15, -0.1) is 0 Å². The van der Waals surface area contributed by atoms with Gasteiger partial charge in [0.1, 0.15) is 18.1 Å². The van der Waals surface area contributed by atoms with Crippen LogP contribution in [0.1, 0.15) is 40.3 Å². The summed E-state index contributed by atoms with van der Waals surface area (Å²) in [5.74, 6) is 1.42. The van der Waals surface area contributed by atoms with E-state index >= 15 is 0 Å². The second-order valence-electron chi connectivity index (χ2n) is 7.68. The molecule has 6 nitrogen and oxygen atoms in total. The number of nitrogens with zero attached hydrogens (tertiary/aromatic N) is 2. The largest absolute Gasteiger partial charge is 0.466 e. The van der Waals surface area contributed by atoms with Crippen molar-refractivity contribution in [3.63, 3.8) is 0 Å². The number of furan rings is 1. The lowest BCUT2D eigenvalue weighted by molar-refractivity contribution is 0.0635. The van der Waals surface area contributed by atoms with Crippen LogP contribution >= 0.6 is 0 Å². The zero-order valence-corrected chi connectivity index (χ0v) is 16.4. The van der Waals surface area contributed by atoms with Crippen LogP contribution in [0.5, 0.6) is 0 Å². The molecule has 1 aromatic carbocycles. The molecule has 0 radical (unpaired) electrons. The van der Waals surface area contributed by atoms with E-state index in [0.717, 1.165) is 25.0 Å². The molecule has 0 spiro atoms. The number of hydrogen-bond donors (Lipinski definition) is 0. The second-order valence-corrected chi connectivity index (χ2v) is 7.68. The molecule has 2 saturated heterocycles. The van der Waals surface area contributed by atoms with E-state index in [1.165, 1.54) is 5.56 Å². The van der Waals surface area contributed by atoms with Gasteiger partial charge in [-0.05, 0) is 44.7 Å². The molecule has 0 unspecified atom stereocenters. The molecule has 3 heterocycles. The molecular formula is C22H26N2O4. The first-order valence-corrected chi connectivity index (χ1v) is 9.88. The molecule has 1 atom stereocenters. The third-order valence-electron chi connectivity index (χ3n) is 5.73. The van der Waals surface area contributed by atoms with E-state index in [2.05, 4.69) is 12.1 Å². The lowest BCUT2D eigenvalue weighted by atomic mass is 9.98. The normalized spacial score (nSPS) is 20.5. The zero-order chi connectivity index (χ0) is 19.7. The molecule has 2 aromatic rings. The Labute approximate surface area is 165 Å². The van der Waals surface area contributed by atoms with Gasteiger partial charge in [0.05, 0.1) is 11.6 Å². The van der Waals surface area contributed by atoms with Gasteiger partial charge in [-0.1, -0.05) is 30.3 Å². The first-order chi connectivity index (χ1) is 13.5. The van der Waals surface area contributed by atoms with Crippen LogP contribution in [0.25, 0.3) is 0 Å². The second kappa shape index (κ2) is 7.70. The summed E-state index contributed by atoms with van der Waals surface area (Å²) < 4.78 is 10.9. The van der Waals surface area contributed by atoms with Gasteiger partial charge in [0.15, 0.2) is 0 Å². The van der Waals surface area contributed by atoms with E-state index in [1.54, 1.807) is 6.07 Å². The van der Waals surface area contributed by atoms with Gasteiger partial charge in [-0.2, -0.15) is 0 Å². The van der Waals surface area contributed by atoms with E-state index in [4.69, 9.17) is 9.15 Å². The Kier molecular flexibility index (Phi) is 5.11. The van der Waals surface area contributed by atoms with Gasteiger partial charge in [-0.3, -0.25) is 9.69 Å². The predicted molar refractivity (Wildman–Crippen MR) is 104 cm³/mol. The molecule has 2 fully saturated rings. The van der Waals surface area contributed by atoms with E-state index in [0.29, 0.717) is 31.0 Å². The quantitative estimate of drug-likeness (QED) is 0.811. The van der Waals surface area contributed by atoms with Crippen LogP contribution in [0.15, 0.2) is 40.8 Å². The Hall–Kier alpha value is -2.76. The van der Waals surface area contributed by atoms with Crippen molar-refractivity contribution in [1.29, 1.82) is 0 Å². The van der Waals surface area contributed by atoms with Gasteiger partial charge >= 0.3 is 6.09 Å². The molecule has 0 bridgehead atoms. The van der Waals surface area contributed by atoms with Crippen LogP contribution in [0, 0.1) is 13.8 Å². The highest BCUT2D eigenvalue weighted by Gasteiger charge is 2.40. The summed E-state index contributed by atoms with van der Waals surface area (Å²) in [6, 6.07) is 12.2. The van der Waals surface area contributed by atoms with Crippen molar-refractivity contribution in [2.75, 3.05) is 19.7 Å². The smallest absolute Gasteiger partial charge is 0.410 e. The molecule has 0 aliphatic carbocycles. The highest BCUT2D eigenvalue weighted by Crippen LogP contribution is 2.27. The Bertz CT molecular complexity index is 853. The van der Waals surface area contributed by atoms with Gasteiger partial charge in [0.2, 0.25) is 0 Å². The average molecular weight is 382 g/mol. The summed E-state index contributed by atoms with van der Waals surface area (Å²) in [5, 5.41) is 0. The number of likely N-dealkylation sites (tertiary alicyclic amines) is 1.